The van der Waals surface area contributed by atoms with E-state index in [0.717, 1.165) is 24.0 Å². The second-order valence-corrected chi connectivity index (χ2v) is 6.43. The van der Waals surface area contributed by atoms with Gasteiger partial charge in [-0.25, -0.2) is 0 Å². The predicted octanol–water partition coefficient (Wildman–Crippen LogP) is 1.04. The highest BCUT2D eigenvalue weighted by molar-refractivity contribution is 5.79. The van der Waals surface area contributed by atoms with Gasteiger partial charge in [0, 0.05) is 26.2 Å². The number of hydrogen-bond acceptors (Lipinski definition) is 4. The molecule has 1 aliphatic heterocycles. The first-order chi connectivity index (χ1) is 11.5. The second-order valence-electron chi connectivity index (χ2n) is 6.43. The number of nitrogens with two attached hydrogens (primary N) is 1. The molecule has 0 spiro atoms. The number of primary amides is 1. The molecule has 3 N–H and O–H groups in total. The van der Waals surface area contributed by atoms with Gasteiger partial charge in [-0.2, -0.15) is 0 Å². The number of rotatable bonds is 7. The number of nitrogens with zero attached hydrogens (tertiary/aromatic N) is 1. The van der Waals surface area contributed by atoms with Gasteiger partial charge in [0.25, 0.3) is 0 Å². The lowest BCUT2D eigenvalue weighted by molar-refractivity contribution is -0.127. The van der Waals surface area contributed by atoms with Crippen molar-refractivity contribution in [2.75, 3.05) is 20.2 Å². The van der Waals surface area contributed by atoms with E-state index in [4.69, 9.17) is 10.5 Å². The Bertz CT molecular complexity index is 576. The molecular formula is C18H27N3O3. The average Bonchev–Trinajstić information content (AvgIpc) is 2.56. The smallest absolute Gasteiger partial charge is 0.234 e. The van der Waals surface area contributed by atoms with Crippen LogP contribution in [0.4, 0.5) is 0 Å². The van der Waals surface area contributed by atoms with Crippen LogP contribution in [0, 0.1) is 5.92 Å². The number of carbonyl (C=O) groups is 2. The molecule has 2 rings (SSSR count). The number of amides is 2. The van der Waals surface area contributed by atoms with Gasteiger partial charge in [0.2, 0.25) is 11.8 Å². The highest BCUT2D eigenvalue weighted by atomic mass is 16.5. The highest BCUT2D eigenvalue weighted by Gasteiger charge is 2.29. The summed E-state index contributed by atoms with van der Waals surface area (Å²) >= 11 is 0. The molecule has 0 bridgehead atoms. The molecule has 2 amide bonds. The van der Waals surface area contributed by atoms with Gasteiger partial charge in [-0.1, -0.05) is 24.3 Å². The normalized spacial score (nSPS) is 21.4. The van der Waals surface area contributed by atoms with Crippen molar-refractivity contribution < 1.29 is 14.3 Å². The summed E-state index contributed by atoms with van der Waals surface area (Å²) in [6.07, 6.45) is 1.69. The van der Waals surface area contributed by atoms with Crippen LogP contribution in [0.5, 0.6) is 0 Å². The van der Waals surface area contributed by atoms with Crippen molar-refractivity contribution in [1.82, 2.24) is 10.2 Å². The summed E-state index contributed by atoms with van der Waals surface area (Å²) in [7, 11) is 1.66. The van der Waals surface area contributed by atoms with Crippen LogP contribution in [0.25, 0.3) is 0 Å². The average molecular weight is 333 g/mol. The number of carbonyl (C=O) groups excluding carboxylic acids is 2. The lowest BCUT2D eigenvalue weighted by Gasteiger charge is -2.36. The largest absolute Gasteiger partial charge is 0.380 e. The Balaban J connectivity index is 1.88. The molecule has 0 saturated carbocycles. The van der Waals surface area contributed by atoms with Gasteiger partial charge in [-0.3, -0.25) is 14.5 Å². The van der Waals surface area contributed by atoms with E-state index < -0.39 is 0 Å². The molecule has 6 heteroatoms. The number of benzene rings is 1. The van der Waals surface area contributed by atoms with E-state index in [1.165, 1.54) is 0 Å². The molecule has 6 nitrogen and oxygen atoms in total. The number of nitrogens with one attached hydrogen (secondary N) is 1. The van der Waals surface area contributed by atoms with Crippen molar-refractivity contribution in [3.05, 3.63) is 35.4 Å². The summed E-state index contributed by atoms with van der Waals surface area (Å²) in [5, 5.41) is 2.96. The van der Waals surface area contributed by atoms with E-state index in [-0.39, 0.29) is 30.3 Å². The standard InChI is InChI=1S/C18H27N3O3/c1-13-7-8-15(18(19)23)10-21(13)11-17(22)20-9-14-5-3-4-6-16(14)12-24-2/h3-6,13,15H,7-12H2,1-2H3,(H2,19,23)(H,20,22). The van der Waals surface area contributed by atoms with E-state index in [1.807, 2.05) is 29.2 Å². The monoisotopic (exact) mass is 333 g/mol. The van der Waals surface area contributed by atoms with Crippen molar-refractivity contribution in [3.8, 4) is 0 Å². The van der Waals surface area contributed by atoms with Crippen molar-refractivity contribution in [2.24, 2.45) is 11.7 Å². The molecule has 1 heterocycles. The molecule has 1 fully saturated rings. The minimum Gasteiger partial charge on any atom is -0.380 e. The Morgan fingerprint density at radius 3 is 2.67 bits per heavy atom. The van der Waals surface area contributed by atoms with E-state index in [0.29, 0.717) is 19.7 Å². The zero-order valence-corrected chi connectivity index (χ0v) is 14.5. The van der Waals surface area contributed by atoms with Gasteiger partial charge in [-0.15, -0.1) is 0 Å². The molecule has 1 aromatic rings. The zero-order valence-electron chi connectivity index (χ0n) is 14.5. The summed E-state index contributed by atoms with van der Waals surface area (Å²) in [4.78, 5) is 25.7. The molecule has 132 valence electrons. The highest BCUT2D eigenvalue weighted by Crippen LogP contribution is 2.21. The summed E-state index contributed by atoms with van der Waals surface area (Å²) in [6, 6.07) is 8.17. The Hall–Kier alpha value is -1.92. The van der Waals surface area contributed by atoms with E-state index >= 15 is 0 Å². The van der Waals surface area contributed by atoms with Crippen molar-refractivity contribution >= 4 is 11.8 Å². The van der Waals surface area contributed by atoms with E-state index in [2.05, 4.69) is 12.2 Å². The van der Waals surface area contributed by atoms with E-state index in [9.17, 15) is 9.59 Å². The van der Waals surface area contributed by atoms with Crippen LogP contribution in [0.15, 0.2) is 24.3 Å². The topological polar surface area (TPSA) is 84.7 Å². The van der Waals surface area contributed by atoms with Crippen LogP contribution in [-0.2, 0) is 27.5 Å². The first-order valence-corrected chi connectivity index (χ1v) is 8.37. The number of ether oxygens (including phenoxy) is 1. The lowest BCUT2D eigenvalue weighted by Crippen LogP contribution is -2.49. The molecule has 1 aliphatic rings. The van der Waals surface area contributed by atoms with Crippen molar-refractivity contribution in [1.29, 1.82) is 0 Å². The van der Waals surface area contributed by atoms with Crippen molar-refractivity contribution in [3.63, 3.8) is 0 Å². The molecule has 2 atom stereocenters. The minimum absolute atomic E-state index is 0.0424. The maximum Gasteiger partial charge on any atom is 0.234 e. The number of methoxy groups -OCH3 is 1. The predicted molar refractivity (Wildman–Crippen MR) is 92.0 cm³/mol. The summed E-state index contributed by atoms with van der Waals surface area (Å²) < 4.78 is 5.18. The molecule has 24 heavy (non-hydrogen) atoms. The summed E-state index contributed by atoms with van der Waals surface area (Å²) in [5.41, 5.74) is 7.53. The van der Waals surface area contributed by atoms with Crippen LogP contribution < -0.4 is 11.1 Å². The zero-order chi connectivity index (χ0) is 17.5. The quantitative estimate of drug-likeness (QED) is 0.781. The lowest BCUT2D eigenvalue weighted by atomic mass is 9.93. The van der Waals surface area contributed by atoms with E-state index in [1.54, 1.807) is 7.11 Å². The molecule has 0 aromatic heterocycles. The summed E-state index contributed by atoms with van der Waals surface area (Å²) in [6.45, 7) is 3.93. The molecule has 0 radical (unpaired) electrons. The van der Waals surface area contributed by atoms with Crippen LogP contribution in [0.1, 0.15) is 30.9 Å². The Morgan fingerprint density at radius 2 is 2.00 bits per heavy atom. The maximum atomic E-state index is 12.3. The third kappa shape index (κ3) is 5.04. The molecule has 0 aliphatic carbocycles. The Kier molecular flexibility index (Phi) is 6.75. The van der Waals surface area contributed by atoms with Crippen LogP contribution in [0.2, 0.25) is 0 Å². The van der Waals surface area contributed by atoms with Crippen molar-refractivity contribution in [2.45, 2.75) is 39.0 Å². The van der Waals surface area contributed by atoms with Crippen LogP contribution in [-0.4, -0.2) is 43.0 Å². The number of piperidine rings is 1. The SMILES string of the molecule is COCc1ccccc1CNC(=O)CN1CC(C(N)=O)CCC1C. The number of likely N-dealkylation sites (tertiary alicyclic amines) is 1. The fraction of sp³-hybridized carbons (Fsp3) is 0.556. The molecule has 2 unspecified atom stereocenters. The Labute approximate surface area is 143 Å². The van der Waals surface area contributed by atoms with Crippen LogP contribution in [0.3, 0.4) is 0 Å². The maximum absolute atomic E-state index is 12.3. The Morgan fingerprint density at radius 1 is 1.29 bits per heavy atom. The molecular weight excluding hydrogens is 306 g/mol. The van der Waals surface area contributed by atoms with Gasteiger partial charge >= 0.3 is 0 Å². The summed E-state index contributed by atoms with van der Waals surface area (Å²) in [5.74, 6) is -0.476. The van der Waals surface area contributed by atoms with Gasteiger partial charge in [0.15, 0.2) is 0 Å². The first-order valence-electron chi connectivity index (χ1n) is 8.37. The second kappa shape index (κ2) is 8.80. The van der Waals surface area contributed by atoms with Gasteiger partial charge in [-0.05, 0) is 30.9 Å². The first kappa shape index (κ1) is 18.4. The third-order valence-corrected chi connectivity index (χ3v) is 4.65. The third-order valence-electron chi connectivity index (χ3n) is 4.65. The van der Waals surface area contributed by atoms with Crippen LogP contribution >= 0.6 is 0 Å². The fourth-order valence-corrected chi connectivity index (χ4v) is 3.09. The fourth-order valence-electron chi connectivity index (χ4n) is 3.09. The number of hydrogen-bond donors (Lipinski definition) is 2. The van der Waals surface area contributed by atoms with Gasteiger partial charge in [0.05, 0.1) is 19.1 Å². The minimum atomic E-state index is -0.277. The van der Waals surface area contributed by atoms with Gasteiger partial charge in [0.1, 0.15) is 0 Å². The molecule has 1 saturated heterocycles. The van der Waals surface area contributed by atoms with Gasteiger partial charge < -0.3 is 15.8 Å². The molecule has 1 aromatic carbocycles.